The molecule has 2 aromatic heterocycles. The Kier molecular flexibility index (Phi) is 2.93. The van der Waals surface area contributed by atoms with E-state index in [1.54, 1.807) is 0 Å². The van der Waals surface area contributed by atoms with Crippen molar-refractivity contribution in [2.24, 2.45) is 0 Å². The molecule has 0 N–H and O–H groups in total. The van der Waals surface area contributed by atoms with Crippen molar-refractivity contribution >= 4 is 5.57 Å². The van der Waals surface area contributed by atoms with E-state index in [1.807, 2.05) is 32.3 Å². The highest BCUT2D eigenvalue weighted by atomic mass is 16.5. The second kappa shape index (κ2) is 4.61. The lowest BCUT2D eigenvalue weighted by molar-refractivity contribution is 0.272. The number of nitrogens with zero attached hydrogens (tertiary/aromatic N) is 3. The van der Waals surface area contributed by atoms with Crippen molar-refractivity contribution in [2.45, 2.75) is 38.5 Å². The largest absolute Gasteiger partial charge is 0.334 e. The molecule has 0 atom stereocenters. The molecule has 1 aliphatic carbocycles. The lowest BCUT2D eigenvalue weighted by atomic mass is 9.64. The van der Waals surface area contributed by atoms with Gasteiger partial charge in [0.15, 0.2) is 5.82 Å². The van der Waals surface area contributed by atoms with Gasteiger partial charge in [0, 0.05) is 18.0 Å². The van der Waals surface area contributed by atoms with Gasteiger partial charge in [0.2, 0.25) is 0 Å². The topological polar surface area (TPSA) is 51.8 Å². The van der Waals surface area contributed by atoms with Gasteiger partial charge < -0.3 is 4.52 Å². The lowest BCUT2D eigenvalue weighted by Gasteiger charge is -2.39. The smallest absolute Gasteiger partial charge is 0.253 e. The number of hydrogen-bond acceptors (Lipinski definition) is 4. The highest BCUT2D eigenvalue weighted by Crippen LogP contribution is 2.47. The van der Waals surface area contributed by atoms with Crippen molar-refractivity contribution in [2.75, 3.05) is 0 Å². The zero-order valence-corrected chi connectivity index (χ0v) is 11.3. The molecule has 1 aliphatic rings. The maximum absolute atomic E-state index is 5.38. The van der Waals surface area contributed by atoms with Crippen LogP contribution in [0.1, 0.15) is 50.4 Å². The van der Waals surface area contributed by atoms with Crippen molar-refractivity contribution in [1.29, 1.82) is 0 Å². The average molecular weight is 255 g/mol. The van der Waals surface area contributed by atoms with Gasteiger partial charge in [-0.3, -0.25) is 4.98 Å². The molecular weight excluding hydrogens is 238 g/mol. The Bertz CT molecular complexity index is 597. The van der Waals surface area contributed by atoms with Crippen LogP contribution >= 0.6 is 0 Å². The fourth-order valence-corrected chi connectivity index (χ4v) is 2.54. The summed E-state index contributed by atoms with van der Waals surface area (Å²) in [5.74, 6) is 1.43. The van der Waals surface area contributed by atoms with Gasteiger partial charge in [-0.1, -0.05) is 17.7 Å². The summed E-state index contributed by atoms with van der Waals surface area (Å²) in [6.07, 6.45) is 8.99. The molecule has 0 aliphatic heterocycles. The molecule has 98 valence electrons. The Morgan fingerprint density at radius 1 is 1.32 bits per heavy atom. The van der Waals surface area contributed by atoms with Crippen LogP contribution in [0.5, 0.6) is 0 Å². The monoisotopic (exact) mass is 255 g/mol. The van der Waals surface area contributed by atoms with Gasteiger partial charge in [0.25, 0.3) is 5.89 Å². The van der Waals surface area contributed by atoms with E-state index in [9.17, 15) is 0 Å². The quantitative estimate of drug-likeness (QED) is 0.843. The van der Waals surface area contributed by atoms with E-state index in [4.69, 9.17) is 4.52 Å². The van der Waals surface area contributed by atoms with Crippen LogP contribution in [0.15, 0.2) is 35.1 Å². The average Bonchev–Trinajstić information content (AvgIpc) is 2.88. The van der Waals surface area contributed by atoms with Crippen molar-refractivity contribution < 1.29 is 4.52 Å². The fourth-order valence-electron chi connectivity index (χ4n) is 2.54. The molecule has 1 fully saturated rings. The summed E-state index contributed by atoms with van der Waals surface area (Å²) in [6.45, 7) is 3.96. The Labute approximate surface area is 112 Å². The number of hydrogen-bond donors (Lipinski definition) is 0. The van der Waals surface area contributed by atoms with E-state index < -0.39 is 0 Å². The first-order chi connectivity index (χ1) is 9.26. The fraction of sp³-hybridized carbons (Fsp3) is 0.400. The minimum Gasteiger partial charge on any atom is -0.334 e. The van der Waals surface area contributed by atoms with Gasteiger partial charge in [-0.15, -0.1) is 0 Å². The van der Waals surface area contributed by atoms with Crippen molar-refractivity contribution in [1.82, 2.24) is 15.1 Å². The summed E-state index contributed by atoms with van der Waals surface area (Å²) in [6, 6.07) is 4.11. The van der Waals surface area contributed by atoms with Gasteiger partial charge in [-0.2, -0.15) is 4.98 Å². The van der Waals surface area contributed by atoms with E-state index in [1.165, 1.54) is 12.0 Å². The summed E-state index contributed by atoms with van der Waals surface area (Å²) >= 11 is 0. The minimum absolute atomic E-state index is 0.0707. The third-order valence-corrected chi connectivity index (χ3v) is 4.06. The molecule has 4 nitrogen and oxygen atoms in total. The molecule has 0 spiro atoms. The number of allylic oxidation sites excluding steroid dienone is 2. The van der Waals surface area contributed by atoms with Crippen LogP contribution in [0.2, 0.25) is 0 Å². The van der Waals surface area contributed by atoms with Crippen molar-refractivity contribution in [3.05, 3.63) is 47.9 Å². The van der Waals surface area contributed by atoms with Crippen LogP contribution in [0, 0.1) is 0 Å². The standard InChI is InChI=1S/C15H17N3O/c1-3-11(2)13-17-14(18-19-13)15(7-4-8-15)12-5-9-16-10-6-12/h3,5-6,9-10H,4,7-8H2,1-2H3/b11-3+. The van der Waals surface area contributed by atoms with Gasteiger partial charge in [-0.05, 0) is 44.4 Å². The molecule has 4 heteroatoms. The van der Waals surface area contributed by atoms with E-state index in [0.29, 0.717) is 5.89 Å². The SMILES string of the molecule is C/C=C(\C)c1nc(C2(c3ccncc3)CCC2)no1. The van der Waals surface area contributed by atoms with Crippen LogP contribution in [0.25, 0.3) is 5.57 Å². The van der Waals surface area contributed by atoms with Crippen molar-refractivity contribution in [3.63, 3.8) is 0 Å². The van der Waals surface area contributed by atoms with Crippen LogP contribution in [-0.4, -0.2) is 15.1 Å². The van der Waals surface area contributed by atoms with E-state index in [2.05, 4.69) is 27.3 Å². The normalized spacial score (nSPS) is 18.1. The first-order valence-electron chi connectivity index (χ1n) is 6.64. The Balaban J connectivity index is 2.01. The molecule has 3 rings (SSSR count). The molecule has 0 amide bonds. The molecule has 19 heavy (non-hydrogen) atoms. The first-order valence-corrected chi connectivity index (χ1v) is 6.64. The predicted octanol–water partition coefficient (Wildman–Crippen LogP) is 3.36. The van der Waals surface area contributed by atoms with Gasteiger partial charge in [0.1, 0.15) is 0 Å². The molecule has 2 aromatic rings. The summed E-state index contributed by atoms with van der Waals surface area (Å²) in [5, 5.41) is 4.21. The van der Waals surface area contributed by atoms with Crippen LogP contribution in [0.4, 0.5) is 0 Å². The van der Waals surface area contributed by atoms with Gasteiger partial charge in [0.05, 0.1) is 5.41 Å². The first kappa shape index (κ1) is 12.1. The maximum Gasteiger partial charge on any atom is 0.253 e. The van der Waals surface area contributed by atoms with E-state index in [0.717, 1.165) is 24.2 Å². The summed E-state index contributed by atoms with van der Waals surface area (Å²) < 4.78 is 5.38. The maximum atomic E-state index is 5.38. The van der Waals surface area contributed by atoms with Gasteiger partial charge >= 0.3 is 0 Å². The second-order valence-corrected chi connectivity index (χ2v) is 5.07. The molecule has 0 bridgehead atoms. The molecule has 0 aromatic carbocycles. The van der Waals surface area contributed by atoms with Crippen LogP contribution in [-0.2, 0) is 5.41 Å². The summed E-state index contributed by atoms with van der Waals surface area (Å²) in [4.78, 5) is 8.67. The third kappa shape index (κ3) is 1.87. The zero-order chi connectivity index (χ0) is 13.3. The zero-order valence-electron chi connectivity index (χ0n) is 11.3. The number of pyridine rings is 1. The number of rotatable bonds is 3. The Morgan fingerprint density at radius 2 is 2.05 bits per heavy atom. The molecule has 0 radical (unpaired) electrons. The van der Waals surface area contributed by atoms with Gasteiger partial charge in [-0.25, -0.2) is 0 Å². The summed E-state index contributed by atoms with van der Waals surface area (Å²) in [7, 11) is 0. The predicted molar refractivity (Wildman–Crippen MR) is 72.5 cm³/mol. The lowest BCUT2D eigenvalue weighted by Crippen LogP contribution is -2.36. The molecule has 1 saturated carbocycles. The molecule has 0 saturated heterocycles. The Morgan fingerprint density at radius 3 is 2.63 bits per heavy atom. The third-order valence-electron chi connectivity index (χ3n) is 4.06. The van der Waals surface area contributed by atoms with E-state index >= 15 is 0 Å². The van der Waals surface area contributed by atoms with Crippen LogP contribution < -0.4 is 0 Å². The Hall–Kier alpha value is -1.97. The van der Waals surface area contributed by atoms with Crippen molar-refractivity contribution in [3.8, 4) is 0 Å². The molecule has 0 unspecified atom stereocenters. The second-order valence-electron chi connectivity index (χ2n) is 5.07. The molecule has 2 heterocycles. The number of aromatic nitrogens is 3. The van der Waals surface area contributed by atoms with E-state index in [-0.39, 0.29) is 5.41 Å². The highest BCUT2D eigenvalue weighted by molar-refractivity contribution is 5.55. The molecular formula is C15H17N3O. The summed E-state index contributed by atoms with van der Waals surface area (Å²) in [5.41, 5.74) is 2.18. The highest BCUT2D eigenvalue weighted by Gasteiger charge is 2.44. The van der Waals surface area contributed by atoms with Crippen LogP contribution in [0.3, 0.4) is 0 Å². The minimum atomic E-state index is -0.0707.